The van der Waals surface area contributed by atoms with E-state index in [1.165, 1.54) is 6.42 Å². The summed E-state index contributed by atoms with van der Waals surface area (Å²) in [4.78, 5) is 0.363. The van der Waals surface area contributed by atoms with E-state index in [1.54, 1.807) is 12.1 Å². The lowest BCUT2D eigenvalue weighted by atomic mass is 9.81. The molecule has 0 aliphatic heterocycles. The topological polar surface area (TPSA) is 72.2 Å². The van der Waals surface area contributed by atoms with Crippen molar-refractivity contribution in [1.29, 1.82) is 0 Å². The van der Waals surface area contributed by atoms with E-state index < -0.39 is 10.0 Å². The second-order valence-corrected chi connectivity index (χ2v) is 8.20. The first kappa shape index (κ1) is 16.4. The van der Waals surface area contributed by atoms with Crippen LogP contribution in [0.25, 0.3) is 10.8 Å². The van der Waals surface area contributed by atoms with Gasteiger partial charge in [0.15, 0.2) is 0 Å². The molecule has 0 amide bonds. The highest BCUT2D eigenvalue weighted by Crippen LogP contribution is 2.28. The summed E-state index contributed by atoms with van der Waals surface area (Å²) in [6.45, 7) is 1.20. The van der Waals surface area contributed by atoms with Gasteiger partial charge in [-0.2, -0.15) is 0 Å². The Bertz CT molecular complexity index is 768. The van der Waals surface area contributed by atoms with Crippen LogP contribution in [0, 0.1) is 11.8 Å². The van der Waals surface area contributed by atoms with Crippen LogP contribution in [-0.2, 0) is 10.0 Å². The van der Waals surface area contributed by atoms with Crippen molar-refractivity contribution < 1.29 is 8.42 Å². The first-order valence-corrected chi connectivity index (χ1v) is 9.76. The van der Waals surface area contributed by atoms with Crippen LogP contribution in [0.3, 0.4) is 0 Å². The molecule has 2 aromatic carbocycles. The highest BCUT2D eigenvalue weighted by molar-refractivity contribution is 7.89. The molecule has 1 saturated carbocycles. The minimum Gasteiger partial charge on any atom is -0.330 e. The average molecular weight is 332 g/mol. The minimum atomic E-state index is -3.49. The van der Waals surface area contributed by atoms with Gasteiger partial charge in [-0.25, -0.2) is 13.1 Å². The summed E-state index contributed by atoms with van der Waals surface area (Å²) in [5.41, 5.74) is 5.76. The molecule has 2 aromatic rings. The molecule has 3 rings (SSSR count). The lowest BCUT2D eigenvalue weighted by Crippen LogP contribution is -2.33. The van der Waals surface area contributed by atoms with Crippen molar-refractivity contribution in [3.63, 3.8) is 0 Å². The zero-order valence-corrected chi connectivity index (χ0v) is 14.1. The predicted octanol–water partition coefficient (Wildman–Crippen LogP) is 2.88. The normalized spacial score (nSPS) is 22.3. The summed E-state index contributed by atoms with van der Waals surface area (Å²) < 4.78 is 28.2. The molecule has 4 nitrogen and oxygen atoms in total. The lowest BCUT2D eigenvalue weighted by Gasteiger charge is -2.28. The summed E-state index contributed by atoms with van der Waals surface area (Å²) >= 11 is 0. The number of hydrogen-bond acceptors (Lipinski definition) is 3. The molecule has 0 saturated heterocycles. The molecule has 3 N–H and O–H groups in total. The van der Waals surface area contributed by atoms with Gasteiger partial charge in [0.1, 0.15) is 0 Å². The first-order chi connectivity index (χ1) is 11.1. The van der Waals surface area contributed by atoms with Crippen LogP contribution < -0.4 is 10.5 Å². The highest BCUT2D eigenvalue weighted by Gasteiger charge is 2.24. The van der Waals surface area contributed by atoms with E-state index in [2.05, 4.69) is 4.72 Å². The molecule has 0 aromatic heterocycles. The molecule has 2 atom stereocenters. The number of hydrogen-bond donors (Lipinski definition) is 2. The van der Waals surface area contributed by atoms with Gasteiger partial charge in [0.2, 0.25) is 10.0 Å². The van der Waals surface area contributed by atoms with Crippen LogP contribution in [-0.4, -0.2) is 21.5 Å². The molecule has 0 unspecified atom stereocenters. The Morgan fingerprint density at radius 1 is 1.04 bits per heavy atom. The smallest absolute Gasteiger partial charge is 0.241 e. The van der Waals surface area contributed by atoms with Crippen molar-refractivity contribution in [2.75, 3.05) is 13.1 Å². The molecule has 124 valence electrons. The van der Waals surface area contributed by atoms with Gasteiger partial charge >= 0.3 is 0 Å². The largest absolute Gasteiger partial charge is 0.330 e. The number of nitrogens with one attached hydrogen (secondary N) is 1. The van der Waals surface area contributed by atoms with Crippen molar-refractivity contribution in [3.8, 4) is 0 Å². The van der Waals surface area contributed by atoms with E-state index in [-0.39, 0.29) is 0 Å². The van der Waals surface area contributed by atoms with Crippen LogP contribution in [0.1, 0.15) is 25.7 Å². The van der Waals surface area contributed by atoms with E-state index in [9.17, 15) is 8.42 Å². The SMILES string of the molecule is NC[C@H]1CCC[C@@H](CNS(=O)(=O)c2cccc3ccccc23)C1. The number of fused-ring (bicyclic) bond motifs is 1. The summed E-state index contributed by atoms with van der Waals surface area (Å²) in [5, 5.41) is 1.71. The molecule has 0 heterocycles. The third-order valence-electron chi connectivity index (χ3n) is 4.83. The molecular formula is C18H24N2O2S. The maximum Gasteiger partial charge on any atom is 0.241 e. The standard InChI is InChI=1S/C18H24N2O2S/c19-12-14-5-3-6-15(11-14)13-20-23(21,22)18-10-4-8-16-7-1-2-9-17(16)18/h1-2,4,7-10,14-15,20H,3,5-6,11-13,19H2/t14-,15+/m0/s1. The van der Waals surface area contributed by atoms with Gasteiger partial charge in [-0.3, -0.25) is 0 Å². The molecule has 1 aliphatic rings. The number of rotatable bonds is 5. The van der Waals surface area contributed by atoms with E-state index in [0.717, 1.165) is 30.0 Å². The Balaban J connectivity index is 1.76. The Kier molecular flexibility index (Phi) is 4.99. The monoisotopic (exact) mass is 332 g/mol. The molecule has 0 spiro atoms. The number of sulfonamides is 1. The van der Waals surface area contributed by atoms with Crippen LogP contribution in [0.5, 0.6) is 0 Å². The van der Waals surface area contributed by atoms with Crippen LogP contribution in [0.4, 0.5) is 0 Å². The molecule has 0 radical (unpaired) electrons. The second-order valence-electron chi connectivity index (χ2n) is 6.46. The van der Waals surface area contributed by atoms with Crippen molar-refractivity contribution in [3.05, 3.63) is 42.5 Å². The van der Waals surface area contributed by atoms with Crippen molar-refractivity contribution >= 4 is 20.8 Å². The van der Waals surface area contributed by atoms with Crippen LogP contribution in [0.15, 0.2) is 47.4 Å². The van der Waals surface area contributed by atoms with E-state index in [0.29, 0.717) is 29.8 Å². The van der Waals surface area contributed by atoms with Gasteiger partial charge in [-0.05, 0) is 49.1 Å². The number of benzene rings is 2. The molecule has 1 aliphatic carbocycles. The summed E-state index contributed by atoms with van der Waals surface area (Å²) in [6.07, 6.45) is 4.41. The van der Waals surface area contributed by atoms with Crippen molar-refractivity contribution in [2.45, 2.75) is 30.6 Å². The highest BCUT2D eigenvalue weighted by atomic mass is 32.2. The van der Waals surface area contributed by atoms with Gasteiger partial charge in [0.25, 0.3) is 0 Å². The van der Waals surface area contributed by atoms with Crippen LogP contribution in [0.2, 0.25) is 0 Å². The average Bonchev–Trinajstić information content (AvgIpc) is 2.60. The van der Waals surface area contributed by atoms with E-state index in [1.807, 2.05) is 30.3 Å². The predicted molar refractivity (Wildman–Crippen MR) is 93.6 cm³/mol. The van der Waals surface area contributed by atoms with Gasteiger partial charge in [-0.15, -0.1) is 0 Å². The first-order valence-electron chi connectivity index (χ1n) is 8.27. The quantitative estimate of drug-likeness (QED) is 0.884. The van der Waals surface area contributed by atoms with E-state index >= 15 is 0 Å². The van der Waals surface area contributed by atoms with Crippen LogP contribution >= 0.6 is 0 Å². The Labute approximate surface area is 138 Å². The minimum absolute atomic E-state index is 0.363. The van der Waals surface area contributed by atoms with Crippen molar-refractivity contribution in [1.82, 2.24) is 4.72 Å². The molecule has 5 heteroatoms. The van der Waals surface area contributed by atoms with Gasteiger partial charge < -0.3 is 5.73 Å². The maximum absolute atomic E-state index is 12.7. The van der Waals surface area contributed by atoms with Gasteiger partial charge in [-0.1, -0.05) is 42.8 Å². The zero-order valence-electron chi connectivity index (χ0n) is 13.2. The Hall–Kier alpha value is -1.43. The molecule has 23 heavy (non-hydrogen) atoms. The summed E-state index contributed by atoms with van der Waals surface area (Å²) in [7, 11) is -3.49. The lowest BCUT2D eigenvalue weighted by molar-refractivity contribution is 0.272. The fraction of sp³-hybridized carbons (Fsp3) is 0.444. The number of nitrogens with two attached hydrogens (primary N) is 1. The van der Waals surface area contributed by atoms with Crippen molar-refractivity contribution in [2.24, 2.45) is 17.6 Å². The van der Waals surface area contributed by atoms with Gasteiger partial charge in [0, 0.05) is 11.9 Å². The molecular weight excluding hydrogens is 308 g/mol. The third-order valence-corrected chi connectivity index (χ3v) is 6.31. The fourth-order valence-electron chi connectivity index (χ4n) is 3.54. The van der Waals surface area contributed by atoms with Gasteiger partial charge in [0.05, 0.1) is 4.90 Å². The Morgan fingerprint density at radius 2 is 1.78 bits per heavy atom. The third kappa shape index (κ3) is 3.74. The Morgan fingerprint density at radius 3 is 2.61 bits per heavy atom. The maximum atomic E-state index is 12.7. The molecule has 0 bridgehead atoms. The van der Waals surface area contributed by atoms with E-state index in [4.69, 9.17) is 5.73 Å². The summed E-state index contributed by atoms with van der Waals surface area (Å²) in [5.74, 6) is 0.929. The second kappa shape index (κ2) is 6.99. The zero-order chi connectivity index (χ0) is 16.3. The summed E-state index contributed by atoms with van der Waals surface area (Å²) in [6, 6.07) is 13.0. The fourth-order valence-corrected chi connectivity index (χ4v) is 4.88. The molecule has 1 fully saturated rings.